The lowest BCUT2D eigenvalue weighted by atomic mass is 10.1. The molecule has 6 heteroatoms. The van der Waals surface area contributed by atoms with E-state index in [0.29, 0.717) is 16.3 Å². The van der Waals surface area contributed by atoms with Gasteiger partial charge in [0, 0.05) is 33.2 Å². The topological polar surface area (TPSA) is 68.4 Å². The molecule has 150 valence electrons. The molecule has 4 aromatic rings. The summed E-state index contributed by atoms with van der Waals surface area (Å²) in [6.45, 7) is -0.155. The van der Waals surface area contributed by atoms with Gasteiger partial charge in [0.15, 0.2) is 6.61 Å². The molecule has 0 saturated carbocycles. The van der Waals surface area contributed by atoms with Crippen molar-refractivity contribution in [1.82, 2.24) is 4.98 Å². The van der Waals surface area contributed by atoms with Crippen molar-refractivity contribution in [2.24, 2.45) is 0 Å². The van der Waals surface area contributed by atoms with E-state index >= 15 is 0 Å². The van der Waals surface area contributed by atoms with Gasteiger partial charge in [0.1, 0.15) is 17.9 Å². The smallest absolute Gasteiger partial charge is 0.342 e. The highest BCUT2D eigenvalue weighted by atomic mass is 35.5. The van der Waals surface area contributed by atoms with Crippen molar-refractivity contribution in [2.45, 2.75) is 6.61 Å². The van der Waals surface area contributed by atoms with Crippen LogP contribution in [0.3, 0.4) is 0 Å². The highest BCUT2D eigenvalue weighted by molar-refractivity contribution is 6.31. The molecule has 0 saturated heterocycles. The van der Waals surface area contributed by atoms with Gasteiger partial charge < -0.3 is 14.5 Å². The van der Waals surface area contributed by atoms with Crippen molar-refractivity contribution in [1.29, 1.82) is 0 Å². The molecule has 5 nitrogen and oxygen atoms in total. The minimum atomic E-state index is -0.627. The van der Waals surface area contributed by atoms with Crippen LogP contribution in [0.1, 0.15) is 26.3 Å². The zero-order chi connectivity index (χ0) is 20.9. The Hall–Kier alpha value is -3.57. The number of nitrogens with one attached hydrogen (secondary N) is 1. The third-order valence-electron chi connectivity index (χ3n) is 4.67. The second-order valence-corrected chi connectivity index (χ2v) is 7.03. The molecule has 0 unspecified atom stereocenters. The number of rotatable bonds is 7. The van der Waals surface area contributed by atoms with Gasteiger partial charge in [-0.15, -0.1) is 0 Å². The Bertz CT molecular complexity index is 1210. The van der Waals surface area contributed by atoms with Crippen LogP contribution in [0.2, 0.25) is 5.02 Å². The highest BCUT2D eigenvalue weighted by Gasteiger charge is 2.18. The lowest BCUT2D eigenvalue weighted by Crippen LogP contribution is -2.15. The van der Waals surface area contributed by atoms with Crippen LogP contribution in [0.5, 0.6) is 5.75 Å². The third kappa shape index (κ3) is 4.21. The standard InChI is InChI=1S/C24H18ClNO4/c25-20-10-4-1-7-16(20)14-29-23-12-6-3-9-18(23)24(28)30-15-22(27)19-13-26-21-11-5-2-8-17(19)21/h1-13,26H,14-15H2. The number of benzene rings is 3. The summed E-state index contributed by atoms with van der Waals surface area (Å²) in [5.74, 6) is -0.546. The van der Waals surface area contributed by atoms with Gasteiger partial charge in [0.25, 0.3) is 0 Å². The number of aromatic nitrogens is 1. The van der Waals surface area contributed by atoms with Crippen LogP contribution in [0.25, 0.3) is 10.9 Å². The van der Waals surface area contributed by atoms with Crippen LogP contribution in [-0.2, 0) is 11.3 Å². The molecule has 1 aromatic heterocycles. The van der Waals surface area contributed by atoms with Crippen molar-refractivity contribution in [3.05, 3.63) is 101 Å². The molecule has 0 aliphatic heterocycles. The summed E-state index contributed by atoms with van der Waals surface area (Å²) in [5, 5.41) is 1.38. The molecule has 0 aliphatic carbocycles. The normalized spacial score (nSPS) is 10.7. The Morgan fingerprint density at radius 1 is 0.867 bits per heavy atom. The van der Waals surface area contributed by atoms with Crippen LogP contribution in [0, 0.1) is 0 Å². The van der Waals surface area contributed by atoms with Crippen molar-refractivity contribution in [2.75, 3.05) is 6.61 Å². The number of ether oxygens (including phenoxy) is 2. The molecular weight excluding hydrogens is 402 g/mol. The summed E-state index contributed by atoms with van der Waals surface area (Å²) in [5.41, 5.74) is 2.39. The van der Waals surface area contributed by atoms with Gasteiger partial charge in [-0.1, -0.05) is 60.1 Å². The largest absolute Gasteiger partial charge is 0.488 e. The lowest BCUT2D eigenvalue weighted by molar-refractivity contribution is 0.0470. The summed E-state index contributed by atoms with van der Waals surface area (Å²) in [4.78, 5) is 28.2. The first kappa shape index (κ1) is 19.7. The maximum atomic E-state index is 12.6. The van der Waals surface area contributed by atoms with Crippen molar-refractivity contribution in [3.8, 4) is 5.75 Å². The van der Waals surface area contributed by atoms with E-state index in [-0.39, 0.29) is 24.6 Å². The van der Waals surface area contributed by atoms with Gasteiger partial charge in [0.2, 0.25) is 5.78 Å². The number of carbonyl (C=O) groups excluding carboxylic acids is 2. The minimum absolute atomic E-state index is 0.207. The SMILES string of the molecule is O=C(OCC(=O)c1c[nH]c2ccccc12)c1ccccc1OCc1ccccc1Cl. The van der Waals surface area contributed by atoms with E-state index in [1.807, 2.05) is 42.5 Å². The zero-order valence-corrected chi connectivity index (χ0v) is 16.7. The average Bonchev–Trinajstić information content (AvgIpc) is 3.21. The number of carbonyl (C=O) groups is 2. The van der Waals surface area contributed by atoms with Crippen LogP contribution in [0.4, 0.5) is 0 Å². The van der Waals surface area contributed by atoms with Crippen molar-refractivity contribution < 1.29 is 19.1 Å². The van der Waals surface area contributed by atoms with Crippen LogP contribution in [-0.4, -0.2) is 23.3 Å². The number of Topliss-reactive ketones (excluding diaryl/α,β-unsaturated/α-hetero) is 1. The summed E-state index contributed by atoms with van der Waals surface area (Å²) < 4.78 is 11.1. The van der Waals surface area contributed by atoms with E-state index in [2.05, 4.69) is 4.98 Å². The van der Waals surface area contributed by atoms with E-state index in [1.54, 1.807) is 36.5 Å². The number of H-pyrrole nitrogens is 1. The number of halogens is 1. The van der Waals surface area contributed by atoms with Gasteiger partial charge in [-0.2, -0.15) is 0 Å². The predicted octanol–water partition coefficient (Wildman–Crippen LogP) is 5.44. The molecule has 4 rings (SSSR count). The third-order valence-corrected chi connectivity index (χ3v) is 5.04. The molecule has 0 radical (unpaired) electrons. The fourth-order valence-electron chi connectivity index (χ4n) is 3.12. The summed E-state index contributed by atoms with van der Waals surface area (Å²) >= 11 is 6.16. The van der Waals surface area contributed by atoms with E-state index in [0.717, 1.165) is 16.5 Å². The first-order chi connectivity index (χ1) is 14.6. The maximum Gasteiger partial charge on any atom is 0.342 e. The summed E-state index contributed by atoms with van der Waals surface area (Å²) in [7, 11) is 0. The fraction of sp³-hybridized carbons (Fsp3) is 0.0833. The van der Waals surface area contributed by atoms with E-state index in [9.17, 15) is 9.59 Å². The summed E-state index contributed by atoms with van der Waals surface area (Å²) in [6, 6.07) is 21.5. The highest BCUT2D eigenvalue weighted by Crippen LogP contribution is 2.23. The number of para-hydroxylation sites is 2. The Morgan fingerprint density at radius 3 is 2.47 bits per heavy atom. The van der Waals surface area contributed by atoms with Crippen LogP contribution in [0.15, 0.2) is 79.0 Å². The monoisotopic (exact) mass is 419 g/mol. The Balaban J connectivity index is 1.43. The molecule has 1 N–H and O–H groups in total. The average molecular weight is 420 g/mol. The molecule has 30 heavy (non-hydrogen) atoms. The molecule has 3 aromatic carbocycles. The first-order valence-corrected chi connectivity index (χ1v) is 9.73. The van der Waals surface area contributed by atoms with Gasteiger partial charge in [-0.25, -0.2) is 4.79 Å². The molecule has 0 atom stereocenters. The summed E-state index contributed by atoms with van der Waals surface area (Å²) in [6.07, 6.45) is 1.63. The van der Waals surface area contributed by atoms with E-state index < -0.39 is 5.97 Å². The predicted molar refractivity (Wildman–Crippen MR) is 115 cm³/mol. The fourth-order valence-corrected chi connectivity index (χ4v) is 3.31. The number of hydrogen-bond acceptors (Lipinski definition) is 4. The zero-order valence-electron chi connectivity index (χ0n) is 15.9. The molecule has 0 bridgehead atoms. The second-order valence-electron chi connectivity index (χ2n) is 6.62. The molecule has 1 heterocycles. The van der Waals surface area contributed by atoms with Crippen molar-refractivity contribution >= 4 is 34.3 Å². The Morgan fingerprint density at radius 2 is 1.60 bits per heavy atom. The lowest BCUT2D eigenvalue weighted by Gasteiger charge is -2.12. The first-order valence-electron chi connectivity index (χ1n) is 9.35. The number of ketones is 1. The molecule has 0 amide bonds. The van der Waals surface area contributed by atoms with Crippen molar-refractivity contribution in [3.63, 3.8) is 0 Å². The quantitative estimate of drug-likeness (QED) is 0.320. The van der Waals surface area contributed by atoms with Gasteiger partial charge in [0.05, 0.1) is 0 Å². The minimum Gasteiger partial charge on any atom is -0.488 e. The molecule has 0 fully saturated rings. The number of fused-ring (bicyclic) bond motifs is 1. The maximum absolute atomic E-state index is 12.6. The van der Waals surface area contributed by atoms with Crippen LogP contribution < -0.4 is 4.74 Å². The van der Waals surface area contributed by atoms with E-state index in [1.165, 1.54) is 0 Å². The van der Waals surface area contributed by atoms with Gasteiger partial charge >= 0.3 is 5.97 Å². The van der Waals surface area contributed by atoms with Gasteiger partial charge in [-0.05, 0) is 24.3 Å². The molecule has 0 spiro atoms. The number of hydrogen-bond donors (Lipinski definition) is 1. The Labute approximate surface area is 178 Å². The second kappa shape index (κ2) is 8.84. The number of esters is 1. The van der Waals surface area contributed by atoms with Gasteiger partial charge in [-0.3, -0.25) is 4.79 Å². The molecule has 0 aliphatic rings. The van der Waals surface area contributed by atoms with Crippen LogP contribution >= 0.6 is 11.6 Å². The number of aromatic amines is 1. The Kier molecular flexibility index (Phi) is 5.82. The molecular formula is C24H18ClNO4. The van der Waals surface area contributed by atoms with E-state index in [4.69, 9.17) is 21.1 Å².